The van der Waals surface area contributed by atoms with Crippen LogP contribution < -0.4 is 10.5 Å². The van der Waals surface area contributed by atoms with E-state index in [9.17, 15) is 5.11 Å². The maximum atomic E-state index is 9.63. The van der Waals surface area contributed by atoms with Gasteiger partial charge in [0.2, 0.25) is 0 Å². The summed E-state index contributed by atoms with van der Waals surface area (Å²) in [4.78, 5) is 1.08. The number of thiophene rings is 1. The Morgan fingerprint density at radius 3 is 2.74 bits per heavy atom. The summed E-state index contributed by atoms with van der Waals surface area (Å²) in [5.74, 6) is 0.649. The Balaban J connectivity index is 1.83. The fraction of sp³-hybridized carbons (Fsp3) is 0.0667. The van der Waals surface area contributed by atoms with Gasteiger partial charge in [-0.1, -0.05) is 18.2 Å². The zero-order valence-electron chi connectivity index (χ0n) is 10.2. The van der Waals surface area contributed by atoms with E-state index in [2.05, 4.69) is 0 Å². The molecule has 2 aromatic carbocycles. The number of rotatable bonds is 3. The van der Waals surface area contributed by atoms with Crippen LogP contribution in [0.25, 0.3) is 10.1 Å². The Morgan fingerprint density at radius 2 is 1.95 bits per heavy atom. The van der Waals surface area contributed by atoms with Gasteiger partial charge >= 0.3 is 0 Å². The van der Waals surface area contributed by atoms with Gasteiger partial charge in [-0.3, -0.25) is 0 Å². The maximum absolute atomic E-state index is 9.63. The van der Waals surface area contributed by atoms with Gasteiger partial charge in [0.05, 0.1) is 0 Å². The molecule has 1 heterocycles. The predicted molar refractivity (Wildman–Crippen MR) is 78.7 cm³/mol. The van der Waals surface area contributed by atoms with E-state index in [4.69, 9.17) is 10.5 Å². The summed E-state index contributed by atoms with van der Waals surface area (Å²) < 4.78 is 6.76. The Hall–Kier alpha value is -2.20. The van der Waals surface area contributed by atoms with E-state index >= 15 is 0 Å². The second-order valence-corrected chi connectivity index (χ2v) is 5.40. The number of nitrogens with two attached hydrogens (primary N) is 1. The van der Waals surface area contributed by atoms with Gasteiger partial charge in [-0.2, -0.15) is 0 Å². The van der Waals surface area contributed by atoms with Crippen LogP contribution in [0.2, 0.25) is 0 Å². The molecule has 0 bridgehead atoms. The lowest BCUT2D eigenvalue weighted by Gasteiger charge is -2.05. The molecule has 0 fully saturated rings. The van der Waals surface area contributed by atoms with Crippen molar-refractivity contribution in [2.24, 2.45) is 0 Å². The highest BCUT2D eigenvalue weighted by atomic mass is 32.1. The van der Waals surface area contributed by atoms with Gasteiger partial charge in [0.15, 0.2) is 11.5 Å². The quantitative estimate of drug-likeness (QED) is 0.713. The molecule has 1 aromatic heterocycles. The second kappa shape index (κ2) is 4.82. The first kappa shape index (κ1) is 11.9. The molecule has 0 saturated heterocycles. The third-order valence-corrected chi connectivity index (χ3v) is 3.96. The van der Waals surface area contributed by atoms with E-state index in [1.54, 1.807) is 29.5 Å². The number of ether oxygens (including phenoxy) is 1. The Morgan fingerprint density at radius 1 is 1.11 bits per heavy atom. The molecule has 0 aliphatic carbocycles. The largest absolute Gasteiger partial charge is 0.504 e. The highest BCUT2D eigenvalue weighted by Crippen LogP contribution is 2.31. The highest BCUT2D eigenvalue weighted by molar-refractivity contribution is 7.19. The van der Waals surface area contributed by atoms with Crippen molar-refractivity contribution in [1.82, 2.24) is 0 Å². The summed E-state index contributed by atoms with van der Waals surface area (Å²) in [7, 11) is 0. The van der Waals surface area contributed by atoms with Crippen LogP contribution in [0.1, 0.15) is 4.88 Å². The molecule has 0 radical (unpaired) electrons. The van der Waals surface area contributed by atoms with Gasteiger partial charge in [-0.25, -0.2) is 0 Å². The van der Waals surface area contributed by atoms with Crippen molar-refractivity contribution < 1.29 is 9.84 Å². The van der Waals surface area contributed by atoms with E-state index in [0.29, 0.717) is 12.4 Å². The van der Waals surface area contributed by atoms with E-state index in [-0.39, 0.29) is 5.75 Å². The van der Waals surface area contributed by atoms with Crippen LogP contribution in [0.4, 0.5) is 5.69 Å². The molecule has 3 aromatic rings. The van der Waals surface area contributed by atoms with Crippen molar-refractivity contribution in [2.45, 2.75) is 6.61 Å². The number of phenolic OH excluding ortho intramolecular Hbond substituents is 1. The molecule has 0 spiro atoms. The SMILES string of the molecule is Nc1cccc2sc(COc3ccccc3O)cc12. The first-order valence-corrected chi connectivity index (χ1v) is 6.73. The minimum absolute atomic E-state index is 0.156. The molecule has 0 atom stereocenters. The number of fused-ring (bicyclic) bond motifs is 1. The zero-order valence-corrected chi connectivity index (χ0v) is 11.0. The lowest BCUT2D eigenvalue weighted by molar-refractivity contribution is 0.292. The zero-order chi connectivity index (χ0) is 13.2. The van der Waals surface area contributed by atoms with E-state index in [1.165, 1.54) is 0 Å². The Kier molecular flexibility index (Phi) is 3.01. The third kappa shape index (κ3) is 2.35. The number of benzene rings is 2. The summed E-state index contributed by atoms with van der Waals surface area (Å²) in [6.45, 7) is 0.427. The smallest absolute Gasteiger partial charge is 0.161 e. The summed E-state index contributed by atoms with van der Waals surface area (Å²) >= 11 is 1.65. The molecule has 4 heteroatoms. The van der Waals surface area contributed by atoms with Crippen LogP contribution >= 0.6 is 11.3 Å². The molecule has 96 valence electrons. The minimum atomic E-state index is 0.156. The fourth-order valence-corrected chi connectivity index (χ4v) is 2.95. The van der Waals surface area contributed by atoms with E-state index in [1.807, 2.05) is 30.3 Å². The van der Waals surface area contributed by atoms with Crippen LogP contribution in [0, 0.1) is 0 Å². The Bertz CT molecular complexity index is 721. The van der Waals surface area contributed by atoms with Gasteiger partial charge in [-0.05, 0) is 30.3 Å². The molecular formula is C15H13NO2S. The normalized spacial score (nSPS) is 10.7. The molecule has 3 nitrogen and oxygen atoms in total. The molecule has 0 unspecified atom stereocenters. The lowest BCUT2D eigenvalue weighted by atomic mass is 10.2. The molecule has 3 N–H and O–H groups in total. The first-order valence-electron chi connectivity index (χ1n) is 5.92. The fourth-order valence-electron chi connectivity index (χ4n) is 1.94. The van der Waals surface area contributed by atoms with Crippen molar-refractivity contribution in [1.29, 1.82) is 0 Å². The van der Waals surface area contributed by atoms with Crippen LogP contribution in [-0.2, 0) is 6.61 Å². The van der Waals surface area contributed by atoms with Gasteiger partial charge in [0.1, 0.15) is 6.61 Å². The van der Waals surface area contributed by atoms with Crippen molar-refractivity contribution in [3.05, 3.63) is 53.4 Å². The summed E-state index contributed by atoms with van der Waals surface area (Å²) in [5.41, 5.74) is 6.71. The summed E-state index contributed by atoms with van der Waals surface area (Å²) in [5, 5.41) is 10.7. The van der Waals surface area contributed by atoms with Gasteiger partial charge in [0, 0.05) is 20.7 Å². The highest BCUT2D eigenvalue weighted by Gasteiger charge is 2.06. The van der Waals surface area contributed by atoms with Gasteiger partial charge in [0.25, 0.3) is 0 Å². The minimum Gasteiger partial charge on any atom is -0.504 e. The second-order valence-electron chi connectivity index (χ2n) is 4.23. The number of hydrogen-bond acceptors (Lipinski definition) is 4. The number of para-hydroxylation sites is 2. The standard InChI is InChI=1S/C15H13NO2S/c16-12-4-3-7-15-11(12)8-10(19-15)9-18-14-6-2-1-5-13(14)17/h1-8,17H,9,16H2. The van der Waals surface area contributed by atoms with Gasteiger partial charge < -0.3 is 15.6 Å². The third-order valence-electron chi connectivity index (χ3n) is 2.88. The van der Waals surface area contributed by atoms with Crippen molar-refractivity contribution in [3.8, 4) is 11.5 Å². The van der Waals surface area contributed by atoms with E-state index in [0.717, 1.165) is 20.7 Å². The maximum Gasteiger partial charge on any atom is 0.161 e. The van der Waals surface area contributed by atoms with Crippen LogP contribution in [0.5, 0.6) is 11.5 Å². The number of hydrogen-bond donors (Lipinski definition) is 2. The van der Waals surface area contributed by atoms with Crippen LogP contribution in [0.15, 0.2) is 48.5 Å². The summed E-state index contributed by atoms with van der Waals surface area (Å²) in [6.07, 6.45) is 0. The Labute approximate surface area is 114 Å². The average Bonchev–Trinajstić information content (AvgIpc) is 2.82. The monoisotopic (exact) mass is 271 g/mol. The lowest BCUT2D eigenvalue weighted by Crippen LogP contribution is -1.92. The number of anilines is 1. The van der Waals surface area contributed by atoms with Crippen molar-refractivity contribution >= 4 is 27.1 Å². The van der Waals surface area contributed by atoms with Crippen LogP contribution in [0.3, 0.4) is 0 Å². The van der Waals surface area contributed by atoms with E-state index < -0.39 is 0 Å². The molecule has 0 aliphatic heterocycles. The molecule has 0 aliphatic rings. The molecule has 19 heavy (non-hydrogen) atoms. The van der Waals surface area contributed by atoms with Crippen molar-refractivity contribution in [2.75, 3.05) is 5.73 Å². The summed E-state index contributed by atoms with van der Waals surface area (Å²) in [6, 6.07) is 14.9. The first-order chi connectivity index (χ1) is 9.24. The van der Waals surface area contributed by atoms with Crippen LogP contribution in [-0.4, -0.2) is 5.11 Å². The molecule has 0 amide bonds. The average molecular weight is 271 g/mol. The predicted octanol–water partition coefficient (Wildman–Crippen LogP) is 3.77. The number of aromatic hydroxyl groups is 1. The number of phenols is 1. The number of nitrogen functional groups attached to an aromatic ring is 1. The van der Waals surface area contributed by atoms with Gasteiger partial charge in [-0.15, -0.1) is 11.3 Å². The van der Waals surface area contributed by atoms with Crippen molar-refractivity contribution in [3.63, 3.8) is 0 Å². The molecule has 3 rings (SSSR count). The molecular weight excluding hydrogens is 258 g/mol. The topological polar surface area (TPSA) is 55.5 Å². The molecule has 0 saturated carbocycles.